The molecule has 134 valence electrons. The second-order valence-electron chi connectivity index (χ2n) is 7.04. The monoisotopic (exact) mass is 338 g/mol. The van der Waals surface area contributed by atoms with Crippen LogP contribution in [0.3, 0.4) is 0 Å². The highest BCUT2D eigenvalue weighted by molar-refractivity contribution is 5.32. The zero-order valence-corrected chi connectivity index (χ0v) is 15.2. The third-order valence-corrected chi connectivity index (χ3v) is 5.21. The Morgan fingerprint density at radius 3 is 2.04 bits per heavy atom. The Balaban J connectivity index is 1.76. The summed E-state index contributed by atoms with van der Waals surface area (Å²) in [5, 5.41) is 8.99. The molecule has 0 aromatic heterocycles. The van der Waals surface area contributed by atoms with E-state index in [1.54, 1.807) is 0 Å². The van der Waals surface area contributed by atoms with Crippen molar-refractivity contribution < 1.29 is 5.11 Å². The highest BCUT2D eigenvalue weighted by Gasteiger charge is 2.30. The maximum Gasteiger partial charge on any atom is 0.0604 e. The summed E-state index contributed by atoms with van der Waals surface area (Å²) >= 11 is 0. The number of piperazine rings is 1. The lowest BCUT2D eigenvalue weighted by Crippen LogP contribution is -2.53. The lowest BCUT2D eigenvalue weighted by molar-refractivity contribution is 0.0593. The molecule has 0 radical (unpaired) electrons. The van der Waals surface area contributed by atoms with Crippen LogP contribution >= 0.6 is 0 Å². The quantitative estimate of drug-likeness (QED) is 0.782. The molecule has 1 aliphatic heterocycles. The molecule has 0 aliphatic carbocycles. The maximum absolute atomic E-state index is 8.99. The second-order valence-corrected chi connectivity index (χ2v) is 7.04. The first-order valence-electron chi connectivity index (χ1n) is 9.48. The van der Waals surface area contributed by atoms with Crippen molar-refractivity contribution in [1.29, 1.82) is 0 Å². The molecule has 1 atom stereocenters. The average molecular weight is 338 g/mol. The maximum atomic E-state index is 8.99. The van der Waals surface area contributed by atoms with Crippen LogP contribution in [0.5, 0.6) is 0 Å². The number of rotatable bonds is 7. The molecule has 25 heavy (non-hydrogen) atoms. The standard InChI is InChI=1S/C22H30N2O/c1-19-18-23(14-8-9-17-25)15-16-24(19)22(20-10-4-2-5-11-20)21-12-6-3-7-13-21/h2-7,10-13,19,22,25H,8-9,14-18H2,1H3. The van der Waals surface area contributed by atoms with Crippen molar-refractivity contribution in [2.24, 2.45) is 0 Å². The van der Waals surface area contributed by atoms with Crippen LogP contribution in [0.2, 0.25) is 0 Å². The fraction of sp³-hybridized carbons (Fsp3) is 0.455. The predicted octanol–water partition coefficient (Wildman–Crippen LogP) is 3.55. The van der Waals surface area contributed by atoms with E-state index in [9.17, 15) is 0 Å². The molecule has 1 fully saturated rings. The summed E-state index contributed by atoms with van der Waals surface area (Å²) in [5.41, 5.74) is 2.74. The Morgan fingerprint density at radius 2 is 1.52 bits per heavy atom. The van der Waals surface area contributed by atoms with Crippen molar-refractivity contribution in [2.75, 3.05) is 32.8 Å². The van der Waals surface area contributed by atoms with Gasteiger partial charge in [-0.15, -0.1) is 0 Å². The SMILES string of the molecule is CC1CN(CCCCO)CCN1C(c1ccccc1)c1ccccc1. The summed E-state index contributed by atoms with van der Waals surface area (Å²) < 4.78 is 0. The normalized spacial score (nSPS) is 19.4. The van der Waals surface area contributed by atoms with E-state index < -0.39 is 0 Å². The minimum Gasteiger partial charge on any atom is -0.396 e. The molecule has 1 N–H and O–H groups in total. The Morgan fingerprint density at radius 1 is 0.920 bits per heavy atom. The first kappa shape index (κ1) is 18.1. The minimum atomic E-state index is 0.305. The van der Waals surface area contributed by atoms with Gasteiger partial charge in [0.2, 0.25) is 0 Å². The molecule has 1 unspecified atom stereocenters. The van der Waals surface area contributed by atoms with Crippen LogP contribution in [0.25, 0.3) is 0 Å². The largest absolute Gasteiger partial charge is 0.396 e. The molecular weight excluding hydrogens is 308 g/mol. The first-order chi connectivity index (χ1) is 12.3. The molecule has 0 spiro atoms. The summed E-state index contributed by atoms with van der Waals surface area (Å²) in [6, 6.07) is 22.6. The van der Waals surface area contributed by atoms with E-state index >= 15 is 0 Å². The number of aliphatic hydroxyl groups is 1. The topological polar surface area (TPSA) is 26.7 Å². The van der Waals surface area contributed by atoms with Gasteiger partial charge in [-0.25, -0.2) is 0 Å². The Hall–Kier alpha value is -1.68. The lowest BCUT2D eigenvalue weighted by atomic mass is 9.95. The van der Waals surface area contributed by atoms with E-state index in [2.05, 4.69) is 77.4 Å². The van der Waals surface area contributed by atoms with Crippen LogP contribution in [-0.4, -0.2) is 53.7 Å². The van der Waals surface area contributed by atoms with Gasteiger partial charge in [-0.05, 0) is 37.4 Å². The zero-order chi connectivity index (χ0) is 17.5. The van der Waals surface area contributed by atoms with Gasteiger partial charge in [-0.2, -0.15) is 0 Å². The van der Waals surface area contributed by atoms with Gasteiger partial charge in [0, 0.05) is 32.3 Å². The smallest absolute Gasteiger partial charge is 0.0604 e. The Kier molecular flexibility index (Phi) is 6.62. The molecular formula is C22H30N2O. The number of aliphatic hydroxyl groups excluding tert-OH is 1. The van der Waals surface area contributed by atoms with Gasteiger partial charge < -0.3 is 10.0 Å². The van der Waals surface area contributed by atoms with Crippen molar-refractivity contribution in [3.05, 3.63) is 71.8 Å². The minimum absolute atomic E-state index is 0.305. The Labute approximate surface area is 151 Å². The molecule has 2 aromatic carbocycles. The first-order valence-corrected chi connectivity index (χ1v) is 9.48. The van der Waals surface area contributed by atoms with Crippen LogP contribution in [-0.2, 0) is 0 Å². The summed E-state index contributed by atoms with van der Waals surface area (Å²) in [7, 11) is 0. The Bertz CT molecular complexity index is 577. The zero-order valence-electron chi connectivity index (χ0n) is 15.2. The molecule has 0 bridgehead atoms. The van der Waals surface area contributed by atoms with E-state index in [0.29, 0.717) is 18.7 Å². The molecule has 1 heterocycles. The van der Waals surface area contributed by atoms with Crippen molar-refractivity contribution in [3.8, 4) is 0 Å². The fourth-order valence-corrected chi connectivity index (χ4v) is 3.93. The van der Waals surface area contributed by atoms with Crippen LogP contribution in [0.15, 0.2) is 60.7 Å². The van der Waals surface area contributed by atoms with Crippen LogP contribution in [0, 0.1) is 0 Å². The third-order valence-electron chi connectivity index (χ3n) is 5.21. The number of nitrogens with zero attached hydrogens (tertiary/aromatic N) is 2. The predicted molar refractivity (Wildman–Crippen MR) is 104 cm³/mol. The average Bonchev–Trinajstić information content (AvgIpc) is 2.66. The molecule has 2 aromatic rings. The molecule has 3 heteroatoms. The van der Waals surface area contributed by atoms with Gasteiger partial charge >= 0.3 is 0 Å². The fourth-order valence-electron chi connectivity index (χ4n) is 3.93. The highest BCUT2D eigenvalue weighted by atomic mass is 16.2. The van der Waals surface area contributed by atoms with Crippen LogP contribution in [0.1, 0.15) is 36.9 Å². The van der Waals surface area contributed by atoms with Crippen molar-refractivity contribution in [2.45, 2.75) is 31.8 Å². The van der Waals surface area contributed by atoms with Gasteiger partial charge in [-0.3, -0.25) is 4.90 Å². The van der Waals surface area contributed by atoms with Crippen molar-refractivity contribution in [3.63, 3.8) is 0 Å². The van der Waals surface area contributed by atoms with Crippen LogP contribution < -0.4 is 0 Å². The second kappa shape index (κ2) is 9.14. The van der Waals surface area contributed by atoms with Crippen molar-refractivity contribution in [1.82, 2.24) is 9.80 Å². The summed E-state index contributed by atoms with van der Waals surface area (Å²) in [6.45, 7) is 7.03. The van der Waals surface area contributed by atoms with Gasteiger partial charge in [0.05, 0.1) is 6.04 Å². The van der Waals surface area contributed by atoms with Crippen LogP contribution in [0.4, 0.5) is 0 Å². The van der Waals surface area contributed by atoms with Gasteiger partial charge in [0.1, 0.15) is 0 Å². The molecule has 1 saturated heterocycles. The van der Waals surface area contributed by atoms with E-state index in [1.807, 2.05) is 0 Å². The number of hydrogen-bond acceptors (Lipinski definition) is 3. The van der Waals surface area contributed by atoms with Gasteiger partial charge in [-0.1, -0.05) is 60.7 Å². The van der Waals surface area contributed by atoms with E-state index in [1.165, 1.54) is 11.1 Å². The number of unbranched alkanes of at least 4 members (excludes halogenated alkanes) is 1. The molecule has 0 amide bonds. The number of benzene rings is 2. The van der Waals surface area contributed by atoms with E-state index in [4.69, 9.17) is 5.11 Å². The van der Waals surface area contributed by atoms with Crippen molar-refractivity contribution >= 4 is 0 Å². The summed E-state index contributed by atoms with van der Waals surface area (Å²) in [4.78, 5) is 5.19. The molecule has 3 rings (SSSR count). The molecule has 3 nitrogen and oxygen atoms in total. The highest BCUT2D eigenvalue weighted by Crippen LogP contribution is 2.31. The summed E-state index contributed by atoms with van der Waals surface area (Å²) in [6.07, 6.45) is 2.00. The molecule has 0 saturated carbocycles. The van der Waals surface area contributed by atoms with E-state index in [-0.39, 0.29) is 0 Å². The molecule has 1 aliphatic rings. The van der Waals surface area contributed by atoms with Gasteiger partial charge in [0.15, 0.2) is 0 Å². The van der Waals surface area contributed by atoms with Gasteiger partial charge in [0.25, 0.3) is 0 Å². The van der Waals surface area contributed by atoms with E-state index in [0.717, 1.165) is 39.0 Å². The number of hydrogen-bond donors (Lipinski definition) is 1. The summed E-state index contributed by atoms with van der Waals surface area (Å²) in [5.74, 6) is 0. The third kappa shape index (κ3) is 4.69. The lowest BCUT2D eigenvalue weighted by Gasteiger charge is -2.44.